The summed E-state index contributed by atoms with van der Waals surface area (Å²) in [4.78, 5) is 23.2. The number of ether oxygens (including phenoxy) is 1. The SMILES string of the molecule is O=C(Nc1ccc(Cl)c(Cl)c1)C(c1ccccc1)N1CCN(C2=Nc3ccccc3Oc3ccccc32)CC1. The van der Waals surface area contributed by atoms with Crippen molar-refractivity contribution < 1.29 is 9.53 Å². The van der Waals surface area contributed by atoms with Crippen LogP contribution in [0.25, 0.3) is 0 Å². The minimum absolute atomic E-state index is 0.118. The molecule has 0 spiro atoms. The number of anilines is 1. The summed E-state index contributed by atoms with van der Waals surface area (Å²) in [5, 5.41) is 3.88. The number of nitrogens with one attached hydrogen (secondary N) is 1. The van der Waals surface area contributed by atoms with Crippen LogP contribution in [0.3, 0.4) is 0 Å². The maximum atomic E-state index is 13.7. The highest BCUT2D eigenvalue weighted by Crippen LogP contribution is 2.38. The van der Waals surface area contributed by atoms with E-state index in [0.717, 1.165) is 34.1 Å². The van der Waals surface area contributed by atoms with Gasteiger partial charge in [0, 0.05) is 31.9 Å². The highest BCUT2D eigenvalue weighted by atomic mass is 35.5. The van der Waals surface area contributed by atoms with Gasteiger partial charge >= 0.3 is 0 Å². The van der Waals surface area contributed by atoms with Crippen molar-refractivity contribution in [3.05, 3.63) is 118 Å². The third kappa shape index (κ3) is 5.36. The molecule has 2 aliphatic rings. The maximum absolute atomic E-state index is 13.7. The van der Waals surface area contributed by atoms with Crippen molar-refractivity contribution in [3.63, 3.8) is 0 Å². The van der Waals surface area contributed by atoms with Crippen LogP contribution < -0.4 is 10.1 Å². The van der Waals surface area contributed by atoms with Crippen LogP contribution in [0, 0.1) is 0 Å². The molecule has 0 aromatic heterocycles. The Bertz CT molecular complexity index is 1530. The number of nitrogens with zero attached hydrogens (tertiary/aromatic N) is 3. The van der Waals surface area contributed by atoms with E-state index >= 15 is 0 Å². The third-order valence-corrected chi connectivity index (χ3v) is 7.71. The minimum atomic E-state index is -0.463. The van der Waals surface area contributed by atoms with Gasteiger partial charge < -0.3 is 15.0 Å². The Morgan fingerprint density at radius 1 is 0.795 bits per heavy atom. The maximum Gasteiger partial charge on any atom is 0.246 e. The summed E-state index contributed by atoms with van der Waals surface area (Å²) in [7, 11) is 0. The molecule has 1 atom stereocenters. The normalized spacial score (nSPS) is 15.7. The largest absolute Gasteiger partial charge is 0.454 e. The van der Waals surface area contributed by atoms with Crippen molar-refractivity contribution in [2.45, 2.75) is 6.04 Å². The number of benzene rings is 4. The Morgan fingerprint density at radius 3 is 2.26 bits per heavy atom. The van der Waals surface area contributed by atoms with Gasteiger partial charge in [0.2, 0.25) is 5.91 Å². The van der Waals surface area contributed by atoms with Gasteiger partial charge in [-0.3, -0.25) is 9.69 Å². The molecule has 0 aliphatic carbocycles. The number of amides is 1. The molecule has 0 bridgehead atoms. The first-order chi connectivity index (χ1) is 19.1. The van der Waals surface area contributed by atoms with Gasteiger partial charge in [-0.15, -0.1) is 0 Å². The third-order valence-electron chi connectivity index (χ3n) is 6.97. The molecule has 2 aliphatic heterocycles. The van der Waals surface area contributed by atoms with Crippen LogP contribution in [0.2, 0.25) is 10.0 Å². The first kappa shape index (κ1) is 25.4. The van der Waals surface area contributed by atoms with Gasteiger partial charge in [0.1, 0.15) is 23.3 Å². The molecular formula is C31H26Cl2N4O2. The van der Waals surface area contributed by atoms with Crippen LogP contribution in [0.4, 0.5) is 11.4 Å². The van der Waals surface area contributed by atoms with E-state index in [2.05, 4.69) is 15.1 Å². The van der Waals surface area contributed by atoms with E-state index in [0.29, 0.717) is 41.9 Å². The second kappa shape index (κ2) is 11.1. The van der Waals surface area contributed by atoms with Crippen LogP contribution in [0.5, 0.6) is 11.5 Å². The predicted molar refractivity (Wildman–Crippen MR) is 157 cm³/mol. The van der Waals surface area contributed by atoms with Crippen LogP contribution in [0.1, 0.15) is 17.2 Å². The average molecular weight is 557 g/mol. The predicted octanol–water partition coefficient (Wildman–Crippen LogP) is 7.18. The second-order valence-corrected chi connectivity index (χ2v) is 10.3. The number of para-hydroxylation sites is 3. The highest BCUT2D eigenvalue weighted by Gasteiger charge is 2.32. The van der Waals surface area contributed by atoms with Crippen molar-refractivity contribution in [1.82, 2.24) is 9.80 Å². The molecular weight excluding hydrogens is 531 g/mol. The van der Waals surface area contributed by atoms with Crippen molar-refractivity contribution in [1.29, 1.82) is 0 Å². The Morgan fingerprint density at radius 2 is 1.49 bits per heavy atom. The zero-order valence-electron chi connectivity index (χ0n) is 21.1. The zero-order chi connectivity index (χ0) is 26.8. The topological polar surface area (TPSA) is 57.2 Å². The molecule has 0 saturated carbocycles. The summed E-state index contributed by atoms with van der Waals surface area (Å²) in [5.41, 5.74) is 3.30. The molecule has 8 heteroatoms. The molecule has 39 heavy (non-hydrogen) atoms. The van der Waals surface area contributed by atoms with Gasteiger partial charge in [-0.2, -0.15) is 0 Å². The number of amidine groups is 1. The number of hydrogen-bond acceptors (Lipinski definition) is 5. The molecule has 1 N–H and O–H groups in total. The van der Waals surface area contributed by atoms with E-state index in [1.165, 1.54) is 0 Å². The lowest BCUT2D eigenvalue weighted by molar-refractivity contribution is -0.122. The van der Waals surface area contributed by atoms with Crippen molar-refractivity contribution in [3.8, 4) is 11.5 Å². The van der Waals surface area contributed by atoms with E-state index in [1.807, 2.05) is 78.9 Å². The average Bonchev–Trinajstić information content (AvgIpc) is 3.13. The quantitative estimate of drug-likeness (QED) is 0.289. The van der Waals surface area contributed by atoms with Crippen molar-refractivity contribution in [2.75, 3.05) is 31.5 Å². The van der Waals surface area contributed by atoms with Crippen molar-refractivity contribution >= 4 is 46.3 Å². The summed E-state index contributed by atoms with van der Waals surface area (Å²) in [6, 6.07) is 30.3. The van der Waals surface area contributed by atoms with Gasteiger partial charge in [0.15, 0.2) is 5.75 Å². The van der Waals surface area contributed by atoms with Gasteiger partial charge in [-0.1, -0.05) is 77.8 Å². The Balaban J connectivity index is 1.25. The molecule has 1 unspecified atom stereocenters. The Hall–Kier alpha value is -3.84. The van der Waals surface area contributed by atoms with Gasteiger partial charge in [0.05, 0.1) is 15.6 Å². The highest BCUT2D eigenvalue weighted by molar-refractivity contribution is 6.42. The van der Waals surface area contributed by atoms with E-state index in [-0.39, 0.29) is 5.91 Å². The molecule has 196 valence electrons. The van der Waals surface area contributed by atoms with E-state index < -0.39 is 6.04 Å². The van der Waals surface area contributed by atoms with Crippen LogP contribution >= 0.6 is 23.2 Å². The molecule has 2 heterocycles. The number of carbonyl (C=O) groups is 1. The Labute approximate surface area is 237 Å². The number of rotatable bonds is 4. The van der Waals surface area contributed by atoms with Gasteiger partial charge in [-0.25, -0.2) is 4.99 Å². The standard InChI is InChI=1S/C31H26Cl2N4O2/c32-24-15-14-22(20-25(24)33)34-31(38)29(21-8-2-1-3-9-21)36-16-18-37(19-17-36)30-23-10-4-6-12-27(23)39-28-13-7-5-11-26(28)35-30/h1-15,20,29H,16-19H2,(H,34,38). The lowest BCUT2D eigenvalue weighted by atomic mass is 10.0. The van der Waals surface area contributed by atoms with Crippen molar-refractivity contribution in [2.24, 2.45) is 4.99 Å². The molecule has 6 rings (SSSR count). The first-order valence-corrected chi connectivity index (χ1v) is 13.6. The summed E-state index contributed by atoms with van der Waals surface area (Å²) >= 11 is 12.3. The minimum Gasteiger partial charge on any atom is -0.454 e. The van der Waals surface area contributed by atoms with Gasteiger partial charge in [-0.05, 0) is 48.0 Å². The number of piperazine rings is 1. The number of carbonyl (C=O) groups excluding carboxylic acids is 1. The summed E-state index contributed by atoms with van der Waals surface area (Å²) in [5.74, 6) is 2.28. The molecule has 0 radical (unpaired) electrons. The second-order valence-electron chi connectivity index (χ2n) is 9.46. The number of fused-ring (bicyclic) bond motifs is 2. The molecule has 1 fully saturated rings. The van der Waals surface area contributed by atoms with E-state index in [1.54, 1.807) is 18.2 Å². The first-order valence-electron chi connectivity index (χ1n) is 12.8. The lowest BCUT2D eigenvalue weighted by Gasteiger charge is -2.40. The summed E-state index contributed by atoms with van der Waals surface area (Å²) in [6.45, 7) is 2.77. The van der Waals surface area contributed by atoms with Crippen LogP contribution in [-0.4, -0.2) is 47.7 Å². The fourth-order valence-corrected chi connectivity index (χ4v) is 5.35. The van der Waals surface area contributed by atoms with Crippen LogP contribution in [-0.2, 0) is 4.79 Å². The molecule has 4 aromatic rings. The molecule has 1 amide bonds. The van der Waals surface area contributed by atoms with E-state index in [4.69, 9.17) is 32.9 Å². The summed E-state index contributed by atoms with van der Waals surface area (Å²) in [6.07, 6.45) is 0. The number of halogens is 2. The molecule has 4 aromatic carbocycles. The summed E-state index contributed by atoms with van der Waals surface area (Å²) < 4.78 is 6.22. The number of aliphatic imine (C=N–C) groups is 1. The molecule has 6 nitrogen and oxygen atoms in total. The fraction of sp³-hybridized carbons (Fsp3) is 0.161. The number of hydrogen-bond donors (Lipinski definition) is 1. The fourth-order valence-electron chi connectivity index (χ4n) is 5.05. The van der Waals surface area contributed by atoms with E-state index in [9.17, 15) is 4.79 Å². The zero-order valence-corrected chi connectivity index (χ0v) is 22.6. The molecule has 1 saturated heterocycles. The monoisotopic (exact) mass is 556 g/mol. The Kier molecular flexibility index (Phi) is 7.24. The van der Waals surface area contributed by atoms with Crippen LogP contribution in [0.15, 0.2) is 102 Å². The lowest BCUT2D eigenvalue weighted by Crippen LogP contribution is -2.51. The van der Waals surface area contributed by atoms with Gasteiger partial charge in [0.25, 0.3) is 0 Å². The smallest absolute Gasteiger partial charge is 0.246 e.